The maximum Gasteiger partial charge on any atom is 0.261 e. The fourth-order valence-corrected chi connectivity index (χ4v) is 2.44. The summed E-state index contributed by atoms with van der Waals surface area (Å²) in [6.07, 6.45) is 0.919. The molecular formula is C14H20N4OS. The SMILES string of the molecule is CCCn1c(C(C)C)ccc(-c2n[nH]c(=S)n2C)c1=O. The van der Waals surface area contributed by atoms with E-state index in [0.29, 0.717) is 22.1 Å². The van der Waals surface area contributed by atoms with E-state index in [9.17, 15) is 4.79 Å². The van der Waals surface area contributed by atoms with Crippen molar-refractivity contribution >= 4 is 12.2 Å². The third-order valence-electron chi connectivity index (χ3n) is 3.37. The lowest BCUT2D eigenvalue weighted by Crippen LogP contribution is -2.26. The normalized spacial score (nSPS) is 11.2. The highest BCUT2D eigenvalue weighted by Gasteiger charge is 2.15. The highest BCUT2D eigenvalue weighted by atomic mass is 32.1. The number of pyridine rings is 1. The molecule has 0 aliphatic carbocycles. The minimum atomic E-state index is -0.00449. The van der Waals surface area contributed by atoms with Crippen molar-refractivity contribution in [2.45, 2.75) is 39.7 Å². The Kier molecular flexibility index (Phi) is 4.23. The molecule has 0 aromatic carbocycles. The lowest BCUT2D eigenvalue weighted by Gasteiger charge is -2.16. The summed E-state index contributed by atoms with van der Waals surface area (Å²) in [4.78, 5) is 12.7. The number of nitrogens with one attached hydrogen (secondary N) is 1. The monoisotopic (exact) mass is 292 g/mol. The van der Waals surface area contributed by atoms with E-state index in [1.165, 1.54) is 0 Å². The number of H-pyrrole nitrogens is 1. The van der Waals surface area contributed by atoms with Crippen LogP contribution in [-0.2, 0) is 13.6 Å². The van der Waals surface area contributed by atoms with Crippen molar-refractivity contribution in [3.05, 3.63) is 33.0 Å². The number of aromatic amines is 1. The second kappa shape index (κ2) is 5.75. The van der Waals surface area contributed by atoms with Crippen molar-refractivity contribution in [1.29, 1.82) is 0 Å². The largest absolute Gasteiger partial charge is 0.312 e. The van der Waals surface area contributed by atoms with Crippen molar-refractivity contribution in [2.24, 2.45) is 7.05 Å². The van der Waals surface area contributed by atoms with Crippen LogP contribution in [0, 0.1) is 4.77 Å². The molecule has 0 saturated carbocycles. The van der Waals surface area contributed by atoms with Gasteiger partial charge in [0.25, 0.3) is 5.56 Å². The Morgan fingerprint density at radius 3 is 2.60 bits per heavy atom. The van der Waals surface area contributed by atoms with E-state index in [4.69, 9.17) is 12.2 Å². The number of hydrogen-bond donors (Lipinski definition) is 1. The zero-order valence-electron chi connectivity index (χ0n) is 12.3. The van der Waals surface area contributed by atoms with Crippen LogP contribution in [-0.4, -0.2) is 19.3 Å². The van der Waals surface area contributed by atoms with Gasteiger partial charge in [-0.15, -0.1) is 0 Å². The van der Waals surface area contributed by atoms with Crippen LogP contribution in [0.2, 0.25) is 0 Å². The molecule has 0 unspecified atom stereocenters. The standard InChI is InChI=1S/C14H20N4OS/c1-5-8-18-11(9(2)3)7-6-10(13(18)19)12-15-16-14(20)17(12)4/h6-7,9H,5,8H2,1-4H3,(H,16,20). The Morgan fingerprint density at radius 2 is 2.10 bits per heavy atom. The Morgan fingerprint density at radius 1 is 1.40 bits per heavy atom. The number of nitrogens with zero attached hydrogens (tertiary/aromatic N) is 3. The highest BCUT2D eigenvalue weighted by Crippen LogP contribution is 2.18. The van der Waals surface area contributed by atoms with Gasteiger partial charge in [0.15, 0.2) is 10.6 Å². The van der Waals surface area contributed by atoms with Crippen molar-refractivity contribution in [3.8, 4) is 11.4 Å². The van der Waals surface area contributed by atoms with Gasteiger partial charge < -0.3 is 9.13 Å². The summed E-state index contributed by atoms with van der Waals surface area (Å²) in [7, 11) is 1.81. The molecule has 0 spiro atoms. The first kappa shape index (κ1) is 14.7. The van der Waals surface area contributed by atoms with E-state index >= 15 is 0 Å². The van der Waals surface area contributed by atoms with E-state index < -0.39 is 0 Å². The van der Waals surface area contributed by atoms with Crippen LogP contribution in [0.15, 0.2) is 16.9 Å². The van der Waals surface area contributed by atoms with Gasteiger partial charge >= 0.3 is 0 Å². The van der Waals surface area contributed by atoms with Crippen LogP contribution in [0.25, 0.3) is 11.4 Å². The zero-order chi connectivity index (χ0) is 14.9. The lowest BCUT2D eigenvalue weighted by atomic mass is 10.1. The zero-order valence-corrected chi connectivity index (χ0v) is 13.1. The van der Waals surface area contributed by atoms with E-state index in [0.717, 1.165) is 18.7 Å². The van der Waals surface area contributed by atoms with Gasteiger partial charge in [-0.1, -0.05) is 20.8 Å². The number of hydrogen-bond acceptors (Lipinski definition) is 3. The summed E-state index contributed by atoms with van der Waals surface area (Å²) in [6, 6.07) is 3.85. The van der Waals surface area contributed by atoms with Crippen molar-refractivity contribution < 1.29 is 0 Å². The topological polar surface area (TPSA) is 55.6 Å². The van der Waals surface area contributed by atoms with E-state index in [1.807, 2.05) is 16.7 Å². The summed E-state index contributed by atoms with van der Waals surface area (Å²) in [5, 5.41) is 6.87. The minimum absolute atomic E-state index is 0.00449. The summed E-state index contributed by atoms with van der Waals surface area (Å²) < 4.78 is 4.07. The van der Waals surface area contributed by atoms with Crippen LogP contribution in [0.1, 0.15) is 38.8 Å². The molecule has 1 N–H and O–H groups in total. The Labute approximate surface area is 123 Å². The van der Waals surface area contributed by atoms with Gasteiger partial charge in [-0.3, -0.25) is 9.89 Å². The summed E-state index contributed by atoms with van der Waals surface area (Å²) in [6.45, 7) is 6.97. The van der Waals surface area contributed by atoms with E-state index in [2.05, 4.69) is 31.0 Å². The molecule has 2 aromatic rings. The summed E-state index contributed by atoms with van der Waals surface area (Å²) >= 11 is 5.10. The number of rotatable bonds is 4. The van der Waals surface area contributed by atoms with Crippen LogP contribution >= 0.6 is 12.2 Å². The van der Waals surface area contributed by atoms with Gasteiger partial charge in [-0.2, -0.15) is 5.10 Å². The van der Waals surface area contributed by atoms with Gasteiger partial charge in [0.2, 0.25) is 0 Å². The molecule has 0 bridgehead atoms. The Balaban J connectivity index is 2.68. The first-order chi connectivity index (χ1) is 9.47. The average Bonchev–Trinajstić information content (AvgIpc) is 2.72. The molecule has 0 atom stereocenters. The molecule has 2 aromatic heterocycles. The van der Waals surface area contributed by atoms with Crippen LogP contribution < -0.4 is 5.56 Å². The van der Waals surface area contributed by atoms with Crippen molar-refractivity contribution in [2.75, 3.05) is 0 Å². The Hall–Kier alpha value is -1.69. The van der Waals surface area contributed by atoms with Crippen molar-refractivity contribution in [1.82, 2.24) is 19.3 Å². The first-order valence-electron chi connectivity index (χ1n) is 6.82. The second-order valence-electron chi connectivity index (χ2n) is 5.19. The highest BCUT2D eigenvalue weighted by molar-refractivity contribution is 7.71. The molecule has 2 heterocycles. The van der Waals surface area contributed by atoms with Gasteiger partial charge in [0.1, 0.15) is 0 Å². The molecule has 0 amide bonds. The van der Waals surface area contributed by atoms with Gasteiger partial charge in [-0.05, 0) is 36.7 Å². The van der Waals surface area contributed by atoms with Gasteiger partial charge in [0, 0.05) is 19.3 Å². The average molecular weight is 292 g/mol. The summed E-state index contributed by atoms with van der Waals surface area (Å²) in [5.74, 6) is 0.894. The van der Waals surface area contributed by atoms with E-state index in [1.54, 1.807) is 11.6 Å². The fourth-order valence-electron chi connectivity index (χ4n) is 2.31. The van der Waals surface area contributed by atoms with E-state index in [-0.39, 0.29) is 5.56 Å². The van der Waals surface area contributed by atoms with Gasteiger partial charge in [0.05, 0.1) is 5.56 Å². The second-order valence-corrected chi connectivity index (χ2v) is 5.58. The molecule has 20 heavy (non-hydrogen) atoms. The molecular weight excluding hydrogens is 272 g/mol. The predicted octanol–water partition coefficient (Wildman–Crippen LogP) is 2.84. The number of aromatic nitrogens is 4. The molecule has 0 fully saturated rings. The van der Waals surface area contributed by atoms with Crippen LogP contribution in [0.3, 0.4) is 0 Å². The smallest absolute Gasteiger partial charge is 0.261 e. The summed E-state index contributed by atoms with van der Waals surface area (Å²) in [5.41, 5.74) is 1.63. The van der Waals surface area contributed by atoms with Crippen LogP contribution in [0.4, 0.5) is 0 Å². The fraction of sp³-hybridized carbons (Fsp3) is 0.500. The molecule has 2 rings (SSSR count). The predicted molar refractivity (Wildman–Crippen MR) is 82.5 cm³/mol. The lowest BCUT2D eigenvalue weighted by molar-refractivity contribution is 0.596. The quantitative estimate of drug-likeness (QED) is 0.882. The molecule has 0 aliphatic rings. The minimum Gasteiger partial charge on any atom is -0.312 e. The first-order valence-corrected chi connectivity index (χ1v) is 7.23. The van der Waals surface area contributed by atoms with Crippen LogP contribution in [0.5, 0.6) is 0 Å². The molecule has 5 nitrogen and oxygen atoms in total. The maximum absolute atomic E-state index is 12.7. The third-order valence-corrected chi connectivity index (χ3v) is 3.73. The third kappa shape index (κ3) is 2.47. The maximum atomic E-state index is 12.7. The Bertz CT molecular complexity index is 724. The molecule has 0 radical (unpaired) electrons. The molecule has 108 valence electrons. The molecule has 6 heteroatoms. The van der Waals surface area contributed by atoms with Gasteiger partial charge in [-0.25, -0.2) is 0 Å². The molecule has 0 saturated heterocycles. The molecule has 0 aliphatic heterocycles. The van der Waals surface area contributed by atoms with Crippen molar-refractivity contribution in [3.63, 3.8) is 0 Å².